The Morgan fingerprint density at radius 2 is 1.59 bits per heavy atom. The van der Waals surface area contributed by atoms with E-state index in [4.69, 9.17) is 13.7 Å². The van der Waals surface area contributed by atoms with Gasteiger partial charge in [0.2, 0.25) is 0 Å². The fraction of sp³-hybridized carbons (Fsp3) is 0.133. The molecule has 4 aromatic rings. The third-order valence-corrected chi connectivity index (χ3v) is 8.06. The summed E-state index contributed by atoms with van der Waals surface area (Å²) in [6, 6.07) is 24.2. The van der Waals surface area contributed by atoms with Gasteiger partial charge in [0.05, 0.1) is 21.8 Å². The molecule has 0 aliphatic carbocycles. The molecule has 0 heterocycles. The van der Waals surface area contributed by atoms with E-state index in [1.165, 1.54) is 18.3 Å². The minimum atomic E-state index is -4.05. The zero-order chi connectivity index (χ0) is 29.4. The zero-order valence-electron chi connectivity index (χ0n) is 22.1. The summed E-state index contributed by atoms with van der Waals surface area (Å²) >= 11 is 6.71. The lowest BCUT2D eigenvalue weighted by atomic mass is 10.2. The number of nitrogens with one attached hydrogen (secondary N) is 1. The van der Waals surface area contributed by atoms with Crippen LogP contribution in [0.3, 0.4) is 0 Å². The molecule has 0 spiro atoms. The van der Waals surface area contributed by atoms with Crippen LogP contribution in [0.2, 0.25) is 0 Å². The van der Waals surface area contributed by atoms with Crippen LogP contribution in [0.15, 0.2) is 104 Å². The monoisotopic (exact) mass is 700 g/mol. The van der Waals surface area contributed by atoms with Crippen molar-refractivity contribution in [1.29, 1.82) is 0 Å². The number of halogens is 2. The predicted molar refractivity (Wildman–Crippen MR) is 164 cm³/mol. The molecule has 0 bridgehead atoms. The first-order valence-electron chi connectivity index (χ1n) is 12.4. The molecule has 0 saturated carbocycles. The van der Waals surface area contributed by atoms with Crippen LogP contribution in [-0.4, -0.2) is 27.1 Å². The number of benzene rings is 4. The fourth-order valence-electron chi connectivity index (χ4n) is 3.60. The maximum atomic E-state index is 12.8. The number of nitrogens with zero attached hydrogens (tertiary/aromatic N) is 1. The van der Waals surface area contributed by atoms with Crippen molar-refractivity contribution in [2.75, 3.05) is 6.61 Å². The molecule has 0 unspecified atom stereocenters. The molecular formula is C30H26Br2N2O6S. The molecule has 8 nitrogen and oxygen atoms in total. The molecular weight excluding hydrogens is 676 g/mol. The van der Waals surface area contributed by atoms with Gasteiger partial charge in [0.1, 0.15) is 11.5 Å². The van der Waals surface area contributed by atoms with Gasteiger partial charge in [-0.2, -0.15) is 13.5 Å². The maximum Gasteiger partial charge on any atom is 0.339 e. The van der Waals surface area contributed by atoms with Crippen LogP contribution in [0, 0.1) is 6.92 Å². The van der Waals surface area contributed by atoms with Crippen molar-refractivity contribution in [3.63, 3.8) is 0 Å². The lowest BCUT2D eigenvalue weighted by molar-refractivity contribution is 0.0954. The summed E-state index contributed by atoms with van der Waals surface area (Å²) in [4.78, 5) is 12.8. The van der Waals surface area contributed by atoms with Gasteiger partial charge in [-0.15, -0.1) is 0 Å². The third-order valence-electron chi connectivity index (χ3n) is 5.65. The lowest BCUT2D eigenvalue weighted by Crippen LogP contribution is -2.17. The minimum Gasteiger partial charge on any atom is -0.490 e. The zero-order valence-corrected chi connectivity index (χ0v) is 26.1. The van der Waals surface area contributed by atoms with Crippen LogP contribution in [0.25, 0.3) is 0 Å². The van der Waals surface area contributed by atoms with Gasteiger partial charge in [-0.3, -0.25) is 4.79 Å². The number of rotatable bonds is 11. The van der Waals surface area contributed by atoms with E-state index in [0.717, 1.165) is 11.1 Å². The smallest absolute Gasteiger partial charge is 0.339 e. The number of ether oxygens (including phenoxy) is 2. The highest BCUT2D eigenvalue weighted by Gasteiger charge is 2.20. The first-order chi connectivity index (χ1) is 19.7. The van der Waals surface area contributed by atoms with Crippen LogP contribution in [0.5, 0.6) is 17.2 Å². The van der Waals surface area contributed by atoms with Crippen molar-refractivity contribution < 1.29 is 26.9 Å². The van der Waals surface area contributed by atoms with Crippen LogP contribution in [-0.2, 0) is 16.7 Å². The van der Waals surface area contributed by atoms with E-state index >= 15 is 0 Å². The van der Waals surface area contributed by atoms with Gasteiger partial charge in [-0.1, -0.05) is 48.0 Å². The van der Waals surface area contributed by atoms with Gasteiger partial charge in [0.15, 0.2) is 17.2 Å². The van der Waals surface area contributed by atoms with Crippen LogP contribution in [0.1, 0.15) is 34.0 Å². The van der Waals surface area contributed by atoms with E-state index in [-0.39, 0.29) is 10.6 Å². The first-order valence-corrected chi connectivity index (χ1v) is 15.4. The summed E-state index contributed by atoms with van der Waals surface area (Å²) < 4.78 is 43.1. The van der Waals surface area contributed by atoms with E-state index < -0.39 is 16.0 Å². The summed E-state index contributed by atoms with van der Waals surface area (Å²) in [6.45, 7) is 4.48. The van der Waals surface area contributed by atoms with Crippen LogP contribution >= 0.6 is 31.9 Å². The van der Waals surface area contributed by atoms with E-state index in [1.807, 2.05) is 44.2 Å². The number of hydrogen-bond donors (Lipinski definition) is 1. The molecule has 1 amide bonds. The van der Waals surface area contributed by atoms with Crippen molar-refractivity contribution in [3.8, 4) is 17.2 Å². The fourth-order valence-corrected chi connectivity index (χ4v) is 6.16. The Bertz CT molecular complexity index is 1640. The van der Waals surface area contributed by atoms with Crippen LogP contribution in [0.4, 0.5) is 0 Å². The van der Waals surface area contributed by atoms with Crippen molar-refractivity contribution >= 4 is 54.1 Å². The SMILES string of the molecule is CCOc1cc(C(=O)N/N=C/c2cc(Br)c(OS(=O)(=O)c3ccc(C)cc3)c(Br)c2)ccc1OCc1ccccc1. The molecule has 212 valence electrons. The molecule has 0 aromatic heterocycles. The summed E-state index contributed by atoms with van der Waals surface area (Å²) in [6.07, 6.45) is 1.42. The molecule has 0 aliphatic heterocycles. The summed E-state index contributed by atoms with van der Waals surface area (Å²) in [7, 11) is -4.05. The predicted octanol–water partition coefficient (Wildman–Crippen LogP) is 7.03. The van der Waals surface area contributed by atoms with Gasteiger partial charge < -0.3 is 13.7 Å². The first kappa shape index (κ1) is 30.3. The second-order valence-corrected chi connectivity index (χ2v) is 12.0. The Kier molecular flexibility index (Phi) is 10.2. The molecule has 0 atom stereocenters. The van der Waals surface area contributed by atoms with Crippen LogP contribution < -0.4 is 19.1 Å². The van der Waals surface area contributed by atoms with Gasteiger partial charge in [0.25, 0.3) is 5.91 Å². The van der Waals surface area contributed by atoms with Gasteiger partial charge in [-0.05, 0) is 99.3 Å². The van der Waals surface area contributed by atoms with E-state index in [0.29, 0.717) is 44.8 Å². The number of hydrazone groups is 1. The normalized spacial score (nSPS) is 11.3. The minimum absolute atomic E-state index is 0.0403. The van der Waals surface area contributed by atoms with E-state index in [9.17, 15) is 13.2 Å². The maximum absolute atomic E-state index is 12.8. The molecule has 0 saturated heterocycles. The highest BCUT2D eigenvalue weighted by molar-refractivity contribution is 9.11. The van der Waals surface area contributed by atoms with Gasteiger partial charge in [-0.25, -0.2) is 5.43 Å². The van der Waals surface area contributed by atoms with Crippen molar-refractivity contribution in [2.24, 2.45) is 5.10 Å². The Morgan fingerprint density at radius 1 is 0.902 bits per heavy atom. The van der Waals surface area contributed by atoms with Crippen molar-refractivity contribution in [3.05, 3.63) is 116 Å². The molecule has 11 heteroatoms. The second-order valence-electron chi connectivity index (χ2n) is 8.73. The molecule has 4 aromatic carbocycles. The largest absolute Gasteiger partial charge is 0.490 e. The lowest BCUT2D eigenvalue weighted by Gasteiger charge is -2.13. The molecule has 4 rings (SSSR count). The quantitative estimate of drug-likeness (QED) is 0.102. The molecule has 0 fully saturated rings. The topological polar surface area (TPSA) is 103 Å². The van der Waals surface area contributed by atoms with E-state index in [2.05, 4.69) is 42.4 Å². The number of aryl methyl sites for hydroxylation is 1. The summed E-state index contributed by atoms with van der Waals surface area (Å²) in [5.41, 5.74) is 5.34. The Morgan fingerprint density at radius 3 is 2.24 bits per heavy atom. The Hall–Kier alpha value is -3.67. The summed E-state index contributed by atoms with van der Waals surface area (Å²) in [5, 5.41) is 4.04. The standard InChI is InChI=1S/C30H26Br2N2O6S/c1-3-38-28-17-23(11-14-27(28)39-19-21-7-5-4-6-8-21)30(35)34-33-18-22-15-25(31)29(26(32)16-22)40-41(36,37)24-12-9-20(2)10-13-24/h4-18H,3,19H2,1-2H3,(H,34,35)/b33-18+. The number of hydrogen-bond acceptors (Lipinski definition) is 7. The summed E-state index contributed by atoms with van der Waals surface area (Å²) in [5.74, 6) is 0.616. The van der Waals surface area contributed by atoms with Gasteiger partial charge in [0, 0.05) is 5.56 Å². The number of carbonyl (C=O) groups is 1. The average molecular weight is 702 g/mol. The van der Waals surface area contributed by atoms with Gasteiger partial charge >= 0.3 is 10.1 Å². The Balaban J connectivity index is 1.42. The Labute approximate surface area is 255 Å². The molecule has 0 aliphatic rings. The highest BCUT2D eigenvalue weighted by Crippen LogP contribution is 2.36. The molecule has 1 N–H and O–H groups in total. The number of carbonyl (C=O) groups excluding carboxylic acids is 1. The van der Waals surface area contributed by atoms with Crippen molar-refractivity contribution in [2.45, 2.75) is 25.3 Å². The highest BCUT2D eigenvalue weighted by atomic mass is 79.9. The second kappa shape index (κ2) is 13.8. The average Bonchev–Trinajstić information content (AvgIpc) is 2.95. The molecule has 41 heavy (non-hydrogen) atoms. The number of amides is 1. The third kappa shape index (κ3) is 8.18. The molecule has 0 radical (unpaired) electrons. The van der Waals surface area contributed by atoms with Crippen molar-refractivity contribution in [1.82, 2.24) is 5.43 Å². The van der Waals surface area contributed by atoms with E-state index in [1.54, 1.807) is 42.5 Å².